The number of hydrogen-bond acceptors (Lipinski definition) is 2. The summed E-state index contributed by atoms with van der Waals surface area (Å²) in [7, 11) is -4.15. The number of nitrogens with one attached hydrogen (secondary N) is 1. The van der Waals surface area contributed by atoms with Gasteiger partial charge in [0.1, 0.15) is 0 Å². The van der Waals surface area contributed by atoms with E-state index in [0.717, 1.165) is 27.7 Å². The zero-order valence-electron chi connectivity index (χ0n) is 10.8. The van der Waals surface area contributed by atoms with Crippen LogP contribution < -0.4 is 0 Å². The van der Waals surface area contributed by atoms with Crippen molar-refractivity contribution in [2.24, 2.45) is 0 Å². The van der Waals surface area contributed by atoms with E-state index >= 15 is 0 Å². The molecule has 0 atom stereocenters. The van der Waals surface area contributed by atoms with Gasteiger partial charge in [-0.2, -0.15) is 8.42 Å². The van der Waals surface area contributed by atoms with Crippen molar-refractivity contribution in [3.05, 3.63) is 54.1 Å². The van der Waals surface area contributed by atoms with E-state index in [2.05, 4.69) is 4.98 Å². The number of benzene rings is 2. The molecule has 0 aliphatic rings. The Morgan fingerprint density at radius 1 is 1.00 bits per heavy atom. The molecule has 2 N–H and O–H groups in total. The lowest BCUT2D eigenvalue weighted by molar-refractivity contribution is 0.483. The van der Waals surface area contributed by atoms with Crippen LogP contribution in [0.3, 0.4) is 0 Å². The minimum atomic E-state index is -4.15. The molecule has 0 bridgehead atoms. The summed E-state index contributed by atoms with van der Waals surface area (Å²) in [6, 6.07) is 14.1. The lowest BCUT2D eigenvalue weighted by Gasteiger charge is -2.02. The summed E-state index contributed by atoms with van der Waals surface area (Å²) in [5, 5.41) is 1.14. The molecular weight excluding hydrogens is 274 g/mol. The number of aromatic nitrogens is 1. The monoisotopic (exact) mass is 287 g/mol. The van der Waals surface area contributed by atoms with Gasteiger partial charge in [0.15, 0.2) is 0 Å². The van der Waals surface area contributed by atoms with Gasteiger partial charge >= 0.3 is 0 Å². The summed E-state index contributed by atoms with van der Waals surface area (Å²) in [6.07, 6.45) is 0. The third kappa shape index (κ3) is 2.11. The van der Waals surface area contributed by atoms with Crippen LogP contribution in [0.25, 0.3) is 22.2 Å². The molecule has 5 heteroatoms. The first-order valence-corrected chi connectivity index (χ1v) is 7.56. The molecule has 1 heterocycles. The van der Waals surface area contributed by atoms with Crippen molar-refractivity contribution in [1.29, 1.82) is 0 Å². The zero-order chi connectivity index (χ0) is 14.3. The maximum atomic E-state index is 11.0. The van der Waals surface area contributed by atoms with E-state index < -0.39 is 10.1 Å². The molecule has 102 valence electrons. The first-order chi connectivity index (χ1) is 9.47. The Balaban J connectivity index is 2.14. The second kappa shape index (κ2) is 4.47. The van der Waals surface area contributed by atoms with Crippen LogP contribution in [0.15, 0.2) is 53.4 Å². The Bertz CT molecular complexity index is 877. The Morgan fingerprint density at radius 3 is 2.25 bits per heavy atom. The Morgan fingerprint density at radius 2 is 1.65 bits per heavy atom. The highest BCUT2D eigenvalue weighted by atomic mass is 32.2. The molecule has 0 aliphatic carbocycles. The van der Waals surface area contributed by atoms with Gasteiger partial charge in [0.2, 0.25) is 0 Å². The molecule has 20 heavy (non-hydrogen) atoms. The molecule has 2 aromatic carbocycles. The van der Waals surface area contributed by atoms with Crippen LogP contribution in [0.4, 0.5) is 0 Å². The van der Waals surface area contributed by atoms with E-state index in [1.54, 1.807) is 12.1 Å². The van der Waals surface area contributed by atoms with E-state index in [0.29, 0.717) is 0 Å². The van der Waals surface area contributed by atoms with Crippen LogP contribution in [0.2, 0.25) is 0 Å². The highest BCUT2D eigenvalue weighted by Crippen LogP contribution is 2.29. The van der Waals surface area contributed by atoms with Gasteiger partial charge in [-0.3, -0.25) is 4.55 Å². The van der Waals surface area contributed by atoms with Gasteiger partial charge in [0.05, 0.1) is 4.90 Å². The summed E-state index contributed by atoms with van der Waals surface area (Å²) < 4.78 is 31.1. The third-order valence-electron chi connectivity index (χ3n) is 3.41. The van der Waals surface area contributed by atoms with Gasteiger partial charge in [-0.1, -0.05) is 30.3 Å². The van der Waals surface area contributed by atoms with Gasteiger partial charge in [-0.15, -0.1) is 0 Å². The normalized spacial score (nSPS) is 11.9. The first-order valence-electron chi connectivity index (χ1n) is 6.12. The van der Waals surface area contributed by atoms with Gasteiger partial charge in [0.25, 0.3) is 10.1 Å². The van der Waals surface area contributed by atoms with Gasteiger partial charge in [-0.25, -0.2) is 0 Å². The summed E-state index contributed by atoms with van der Waals surface area (Å²) in [6.45, 7) is 2.02. The van der Waals surface area contributed by atoms with Crippen molar-refractivity contribution < 1.29 is 13.0 Å². The summed E-state index contributed by atoms with van der Waals surface area (Å²) in [4.78, 5) is 3.22. The van der Waals surface area contributed by atoms with Crippen LogP contribution in [0.1, 0.15) is 5.56 Å². The average molecular weight is 287 g/mol. The van der Waals surface area contributed by atoms with Crippen molar-refractivity contribution in [3.8, 4) is 11.3 Å². The fraction of sp³-hybridized carbons (Fsp3) is 0.0667. The Kier molecular flexibility index (Phi) is 2.88. The van der Waals surface area contributed by atoms with E-state index in [4.69, 9.17) is 4.55 Å². The standard InChI is InChI=1S/C15H13NO3S/c1-10-13-4-2-3-5-14(13)16-15(10)11-6-8-12(9-7-11)20(17,18)19/h2-9,16H,1H3,(H,17,18,19). The minimum Gasteiger partial charge on any atom is -0.354 e. The van der Waals surface area contributed by atoms with E-state index in [1.807, 2.05) is 31.2 Å². The average Bonchev–Trinajstić information content (AvgIpc) is 2.76. The van der Waals surface area contributed by atoms with Crippen LogP contribution in [-0.4, -0.2) is 18.0 Å². The van der Waals surface area contributed by atoms with Crippen LogP contribution in [0, 0.1) is 6.92 Å². The molecule has 0 unspecified atom stereocenters. The lowest BCUT2D eigenvalue weighted by Crippen LogP contribution is -1.97. The summed E-state index contributed by atoms with van der Waals surface area (Å²) in [5.74, 6) is 0. The van der Waals surface area contributed by atoms with Crippen molar-refractivity contribution >= 4 is 21.0 Å². The predicted molar refractivity (Wildman–Crippen MR) is 78.3 cm³/mol. The lowest BCUT2D eigenvalue weighted by atomic mass is 10.1. The number of H-pyrrole nitrogens is 1. The molecule has 0 amide bonds. The summed E-state index contributed by atoms with van der Waals surface area (Å²) in [5.41, 5.74) is 3.98. The first kappa shape index (κ1) is 12.9. The van der Waals surface area contributed by atoms with Gasteiger partial charge in [0, 0.05) is 16.6 Å². The summed E-state index contributed by atoms with van der Waals surface area (Å²) >= 11 is 0. The predicted octanol–water partition coefficient (Wildman–Crippen LogP) is 3.39. The van der Waals surface area contributed by atoms with Gasteiger partial charge < -0.3 is 4.98 Å². The largest absolute Gasteiger partial charge is 0.354 e. The number of aromatic amines is 1. The number of rotatable bonds is 2. The maximum absolute atomic E-state index is 11.0. The topological polar surface area (TPSA) is 70.2 Å². The Labute approximate surface area is 116 Å². The number of para-hydroxylation sites is 1. The van der Waals surface area contributed by atoms with Crippen LogP contribution >= 0.6 is 0 Å². The molecular formula is C15H13NO3S. The van der Waals surface area contributed by atoms with E-state index in [-0.39, 0.29) is 4.90 Å². The second-order valence-electron chi connectivity index (χ2n) is 4.67. The molecule has 4 nitrogen and oxygen atoms in total. The van der Waals surface area contributed by atoms with Crippen LogP contribution in [0.5, 0.6) is 0 Å². The smallest absolute Gasteiger partial charge is 0.294 e. The molecule has 1 aromatic heterocycles. The molecule has 3 aromatic rings. The fourth-order valence-electron chi connectivity index (χ4n) is 2.36. The molecule has 0 saturated carbocycles. The van der Waals surface area contributed by atoms with Crippen molar-refractivity contribution in [1.82, 2.24) is 4.98 Å². The van der Waals surface area contributed by atoms with Crippen LogP contribution in [-0.2, 0) is 10.1 Å². The highest BCUT2D eigenvalue weighted by molar-refractivity contribution is 7.85. The van der Waals surface area contributed by atoms with Crippen molar-refractivity contribution in [2.45, 2.75) is 11.8 Å². The van der Waals surface area contributed by atoms with Crippen molar-refractivity contribution in [3.63, 3.8) is 0 Å². The third-order valence-corrected chi connectivity index (χ3v) is 4.27. The number of fused-ring (bicyclic) bond motifs is 1. The molecule has 0 spiro atoms. The van der Waals surface area contributed by atoms with Gasteiger partial charge in [-0.05, 0) is 36.2 Å². The molecule has 0 fully saturated rings. The minimum absolute atomic E-state index is 0.102. The highest BCUT2D eigenvalue weighted by Gasteiger charge is 2.12. The molecule has 0 saturated heterocycles. The quantitative estimate of drug-likeness (QED) is 0.710. The van der Waals surface area contributed by atoms with Crippen molar-refractivity contribution in [2.75, 3.05) is 0 Å². The number of hydrogen-bond donors (Lipinski definition) is 2. The maximum Gasteiger partial charge on any atom is 0.294 e. The molecule has 0 radical (unpaired) electrons. The Hall–Kier alpha value is -2.11. The molecule has 3 rings (SSSR count). The second-order valence-corrected chi connectivity index (χ2v) is 6.09. The SMILES string of the molecule is Cc1c(-c2ccc(S(=O)(=O)O)cc2)[nH]c2ccccc12. The molecule has 0 aliphatic heterocycles. The van der Waals surface area contributed by atoms with E-state index in [1.165, 1.54) is 12.1 Å². The number of aryl methyl sites for hydroxylation is 1. The fourth-order valence-corrected chi connectivity index (χ4v) is 2.84. The zero-order valence-corrected chi connectivity index (χ0v) is 11.6. The van der Waals surface area contributed by atoms with E-state index in [9.17, 15) is 8.42 Å².